The summed E-state index contributed by atoms with van der Waals surface area (Å²) in [6, 6.07) is 1.88. The van der Waals surface area contributed by atoms with Gasteiger partial charge in [0.2, 0.25) is 0 Å². The average molecular weight is 287 g/mol. The van der Waals surface area contributed by atoms with E-state index in [1.54, 1.807) is 19.3 Å². The van der Waals surface area contributed by atoms with E-state index in [1.165, 1.54) is 0 Å². The summed E-state index contributed by atoms with van der Waals surface area (Å²) >= 11 is 0. The van der Waals surface area contributed by atoms with Crippen LogP contribution in [0.5, 0.6) is 5.75 Å². The second-order valence-electron chi connectivity index (χ2n) is 5.34. The number of hydrogen-bond acceptors (Lipinski definition) is 4. The minimum atomic E-state index is -0.108. The first-order valence-electron chi connectivity index (χ1n) is 7.22. The molecule has 5 nitrogen and oxygen atoms in total. The van der Waals surface area contributed by atoms with E-state index in [2.05, 4.69) is 21.9 Å². The molecule has 0 aliphatic rings. The molecule has 0 fully saturated rings. The van der Waals surface area contributed by atoms with Crippen molar-refractivity contribution in [2.45, 2.75) is 40.0 Å². The number of rotatable bonds is 5. The first-order valence-corrected chi connectivity index (χ1v) is 7.22. The van der Waals surface area contributed by atoms with Crippen LogP contribution in [0, 0.1) is 6.92 Å². The lowest BCUT2D eigenvalue weighted by Gasteiger charge is -2.11. The molecule has 2 heterocycles. The highest BCUT2D eigenvalue weighted by atomic mass is 16.5. The Hall–Kier alpha value is -2.17. The van der Waals surface area contributed by atoms with E-state index in [0.29, 0.717) is 29.4 Å². The molecular formula is C16H21N3O2. The second kappa shape index (κ2) is 6.52. The minimum absolute atomic E-state index is 0.108. The van der Waals surface area contributed by atoms with Gasteiger partial charge in [-0.3, -0.25) is 9.78 Å². The van der Waals surface area contributed by atoms with E-state index in [9.17, 15) is 4.79 Å². The van der Waals surface area contributed by atoms with Crippen LogP contribution in [0.15, 0.2) is 23.3 Å². The standard InChI is InChI=1S/C16H21N3O2/c1-5-6-21-13-7-12(8-17-9-13)14-11(4)16(20)19-15(18-14)10(2)3/h7-10H,5-6H2,1-4H3,(H,18,19,20). The van der Waals surface area contributed by atoms with Gasteiger partial charge in [0.1, 0.15) is 11.6 Å². The zero-order valence-corrected chi connectivity index (χ0v) is 12.9. The fraction of sp³-hybridized carbons (Fsp3) is 0.438. The van der Waals surface area contributed by atoms with Crippen LogP contribution >= 0.6 is 0 Å². The van der Waals surface area contributed by atoms with E-state index in [0.717, 1.165) is 12.0 Å². The fourth-order valence-electron chi connectivity index (χ4n) is 1.95. The number of aromatic nitrogens is 3. The quantitative estimate of drug-likeness (QED) is 0.917. The second-order valence-corrected chi connectivity index (χ2v) is 5.34. The fourth-order valence-corrected chi connectivity index (χ4v) is 1.95. The Morgan fingerprint density at radius 2 is 2.10 bits per heavy atom. The SMILES string of the molecule is CCCOc1cncc(-c2nc(C(C)C)[nH]c(=O)c2C)c1. The molecule has 2 aromatic rings. The maximum absolute atomic E-state index is 12.0. The predicted molar refractivity (Wildman–Crippen MR) is 82.7 cm³/mol. The van der Waals surface area contributed by atoms with Crippen molar-refractivity contribution in [2.75, 3.05) is 6.61 Å². The minimum Gasteiger partial charge on any atom is -0.492 e. The molecule has 0 spiro atoms. The molecule has 0 aliphatic carbocycles. The first-order chi connectivity index (χ1) is 10.0. The number of ether oxygens (including phenoxy) is 1. The van der Waals surface area contributed by atoms with Crippen molar-refractivity contribution in [3.63, 3.8) is 0 Å². The van der Waals surface area contributed by atoms with Crippen molar-refractivity contribution in [3.8, 4) is 17.0 Å². The van der Waals surface area contributed by atoms with Crippen molar-refractivity contribution in [1.82, 2.24) is 15.0 Å². The molecule has 5 heteroatoms. The molecule has 0 bridgehead atoms. The van der Waals surface area contributed by atoms with Crippen LogP contribution < -0.4 is 10.3 Å². The Labute approximate surface area is 124 Å². The van der Waals surface area contributed by atoms with E-state index in [1.807, 2.05) is 19.9 Å². The molecule has 112 valence electrons. The third-order valence-corrected chi connectivity index (χ3v) is 3.18. The van der Waals surface area contributed by atoms with Crippen LogP contribution in [-0.2, 0) is 0 Å². The molecule has 0 atom stereocenters. The highest BCUT2D eigenvalue weighted by molar-refractivity contribution is 5.62. The van der Waals surface area contributed by atoms with Crippen LogP contribution in [0.2, 0.25) is 0 Å². The monoisotopic (exact) mass is 287 g/mol. The lowest BCUT2D eigenvalue weighted by Crippen LogP contribution is -2.17. The van der Waals surface area contributed by atoms with Crippen molar-refractivity contribution in [1.29, 1.82) is 0 Å². The number of pyridine rings is 1. The van der Waals surface area contributed by atoms with Gasteiger partial charge in [-0.2, -0.15) is 0 Å². The molecule has 21 heavy (non-hydrogen) atoms. The van der Waals surface area contributed by atoms with Gasteiger partial charge in [0.05, 0.1) is 18.5 Å². The molecule has 2 rings (SSSR count). The highest BCUT2D eigenvalue weighted by Crippen LogP contribution is 2.23. The van der Waals surface area contributed by atoms with E-state index < -0.39 is 0 Å². The van der Waals surface area contributed by atoms with Crippen molar-refractivity contribution >= 4 is 0 Å². The maximum Gasteiger partial charge on any atom is 0.254 e. The van der Waals surface area contributed by atoms with Crippen LogP contribution in [0.3, 0.4) is 0 Å². The summed E-state index contributed by atoms with van der Waals surface area (Å²) < 4.78 is 5.59. The number of nitrogens with one attached hydrogen (secondary N) is 1. The van der Waals surface area contributed by atoms with E-state index in [4.69, 9.17) is 4.74 Å². The maximum atomic E-state index is 12.0. The van der Waals surface area contributed by atoms with Gasteiger partial charge in [0.15, 0.2) is 0 Å². The van der Waals surface area contributed by atoms with Gasteiger partial charge in [0, 0.05) is 23.2 Å². The number of hydrogen-bond donors (Lipinski definition) is 1. The number of nitrogens with zero attached hydrogens (tertiary/aromatic N) is 2. The molecule has 0 amide bonds. The third-order valence-electron chi connectivity index (χ3n) is 3.18. The molecule has 0 aliphatic heterocycles. The Balaban J connectivity index is 2.48. The smallest absolute Gasteiger partial charge is 0.254 e. The summed E-state index contributed by atoms with van der Waals surface area (Å²) in [6.45, 7) is 8.45. The summed E-state index contributed by atoms with van der Waals surface area (Å²) in [5.41, 5.74) is 1.95. The molecule has 2 aromatic heterocycles. The Kier molecular flexibility index (Phi) is 4.73. The molecule has 0 unspecified atom stereocenters. The Morgan fingerprint density at radius 3 is 2.76 bits per heavy atom. The number of H-pyrrole nitrogens is 1. The van der Waals surface area contributed by atoms with E-state index in [-0.39, 0.29) is 11.5 Å². The van der Waals surface area contributed by atoms with E-state index >= 15 is 0 Å². The summed E-state index contributed by atoms with van der Waals surface area (Å²) in [6.07, 6.45) is 4.31. The topological polar surface area (TPSA) is 67.9 Å². The van der Waals surface area contributed by atoms with Crippen LogP contribution in [0.4, 0.5) is 0 Å². The third kappa shape index (κ3) is 3.48. The molecule has 1 N–H and O–H groups in total. The summed E-state index contributed by atoms with van der Waals surface area (Å²) in [7, 11) is 0. The van der Waals surface area contributed by atoms with Gasteiger partial charge in [-0.25, -0.2) is 4.98 Å². The Bertz CT molecular complexity index is 677. The average Bonchev–Trinajstić information content (AvgIpc) is 2.47. The lowest BCUT2D eigenvalue weighted by atomic mass is 10.1. The van der Waals surface area contributed by atoms with Gasteiger partial charge in [0.25, 0.3) is 5.56 Å². The van der Waals surface area contributed by atoms with Crippen molar-refractivity contribution in [3.05, 3.63) is 40.2 Å². The molecule has 0 aromatic carbocycles. The zero-order valence-electron chi connectivity index (χ0n) is 12.9. The van der Waals surface area contributed by atoms with Crippen LogP contribution in [-0.4, -0.2) is 21.6 Å². The van der Waals surface area contributed by atoms with Gasteiger partial charge < -0.3 is 9.72 Å². The predicted octanol–water partition coefficient (Wildman–Crippen LogP) is 3.05. The van der Waals surface area contributed by atoms with Crippen LogP contribution in [0.1, 0.15) is 44.5 Å². The molecular weight excluding hydrogens is 266 g/mol. The molecule has 0 radical (unpaired) electrons. The lowest BCUT2D eigenvalue weighted by molar-refractivity contribution is 0.316. The van der Waals surface area contributed by atoms with Gasteiger partial charge in [-0.15, -0.1) is 0 Å². The molecule has 0 saturated carbocycles. The first kappa shape index (κ1) is 15.2. The van der Waals surface area contributed by atoms with Crippen LogP contribution in [0.25, 0.3) is 11.3 Å². The normalized spacial score (nSPS) is 10.9. The van der Waals surface area contributed by atoms with Gasteiger partial charge in [-0.1, -0.05) is 20.8 Å². The Morgan fingerprint density at radius 1 is 1.33 bits per heavy atom. The highest BCUT2D eigenvalue weighted by Gasteiger charge is 2.12. The number of aromatic amines is 1. The zero-order chi connectivity index (χ0) is 15.4. The summed E-state index contributed by atoms with van der Waals surface area (Å²) in [5, 5.41) is 0. The van der Waals surface area contributed by atoms with Gasteiger partial charge >= 0.3 is 0 Å². The largest absolute Gasteiger partial charge is 0.492 e. The summed E-state index contributed by atoms with van der Waals surface area (Å²) in [5.74, 6) is 1.53. The van der Waals surface area contributed by atoms with Gasteiger partial charge in [-0.05, 0) is 19.4 Å². The van der Waals surface area contributed by atoms with Crippen molar-refractivity contribution < 1.29 is 4.74 Å². The van der Waals surface area contributed by atoms with Crippen molar-refractivity contribution in [2.24, 2.45) is 0 Å². The molecule has 0 saturated heterocycles. The summed E-state index contributed by atoms with van der Waals surface area (Å²) in [4.78, 5) is 23.6.